The largest absolute Gasteiger partial charge is 0.450 e. The van der Waals surface area contributed by atoms with Gasteiger partial charge in [0.2, 0.25) is 0 Å². The first kappa shape index (κ1) is 25.9. The summed E-state index contributed by atoms with van der Waals surface area (Å²) in [6.07, 6.45) is 1.70. The molecule has 7 nitrogen and oxygen atoms in total. The molecular weight excluding hydrogens is 519 g/mol. The maximum absolute atomic E-state index is 11.8. The van der Waals surface area contributed by atoms with E-state index in [0.717, 1.165) is 24.0 Å². The summed E-state index contributed by atoms with van der Waals surface area (Å²) in [7, 11) is 0. The molecule has 32 heavy (non-hydrogen) atoms. The standard InChI is InChI=1S/C24H32N4O3.HI/c1-2-31-23(29)28-15-13-21(14-16-28)27-22(25)26-18-24(30,20-11-7-4-8-12-20)17-19-9-5-3-6-10-19;/h3-12,21,30H,2,13-18H2,1H3,(H3,25,26,27);1H. The number of hydrogen-bond acceptors (Lipinski definition) is 4. The van der Waals surface area contributed by atoms with E-state index < -0.39 is 5.60 Å². The Hall–Kier alpha value is -2.33. The zero-order chi connectivity index (χ0) is 22.1. The lowest BCUT2D eigenvalue weighted by Gasteiger charge is -2.32. The highest BCUT2D eigenvalue weighted by molar-refractivity contribution is 14.0. The lowest BCUT2D eigenvalue weighted by Crippen LogP contribution is -2.49. The molecule has 0 aromatic heterocycles. The SMILES string of the molecule is CCOC(=O)N1CCC(NC(N)=NCC(O)(Cc2ccccc2)c2ccccc2)CC1.I. The van der Waals surface area contributed by atoms with E-state index in [1.54, 1.807) is 11.8 Å². The fourth-order valence-electron chi connectivity index (χ4n) is 3.82. The van der Waals surface area contributed by atoms with Crippen LogP contribution in [-0.2, 0) is 16.8 Å². The molecule has 2 aromatic rings. The number of likely N-dealkylation sites (tertiary alicyclic amines) is 1. The number of carbonyl (C=O) groups excluding carboxylic acids is 1. The average Bonchev–Trinajstić information content (AvgIpc) is 2.80. The van der Waals surface area contributed by atoms with Gasteiger partial charge in [0.1, 0.15) is 5.60 Å². The van der Waals surface area contributed by atoms with Crippen LogP contribution in [0.4, 0.5) is 4.79 Å². The summed E-state index contributed by atoms with van der Waals surface area (Å²) in [5.41, 5.74) is 6.82. The van der Waals surface area contributed by atoms with Gasteiger partial charge in [0.25, 0.3) is 0 Å². The Morgan fingerprint density at radius 3 is 2.34 bits per heavy atom. The first-order valence-electron chi connectivity index (χ1n) is 10.8. The lowest BCUT2D eigenvalue weighted by molar-refractivity contribution is 0.0467. The Bertz CT molecular complexity index is 858. The number of nitrogens with zero attached hydrogens (tertiary/aromatic N) is 2. The molecule has 1 fully saturated rings. The van der Waals surface area contributed by atoms with Crippen molar-refractivity contribution in [1.82, 2.24) is 10.2 Å². The molecule has 0 saturated carbocycles. The summed E-state index contributed by atoms with van der Waals surface area (Å²) < 4.78 is 5.05. The van der Waals surface area contributed by atoms with Crippen LogP contribution in [0, 0.1) is 0 Å². The van der Waals surface area contributed by atoms with Crippen LogP contribution in [0.2, 0.25) is 0 Å². The smallest absolute Gasteiger partial charge is 0.409 e. The predicted octanol–water partition coefficient (Wildman–Crippen LogP) is 3.26. The van der Waals surface area contributed by atoms with Gasteiger partial charge in [-0.25, -0.2) is 4.79 Å². The number of carbonyl (C=O) groups is 1. The minimum atomic E-state index is -1.16. The van der Waals surface area contributed by atoms with Gasteiger partial charge in [0, 0.05) is 25.6 Å². The van der Waals surface area contributed by atoms with Crippen LogP contribution in [0.1, 0.15) is 30.9 Å². The van der Waals surface area contributed by atoms with Crippen LogP contribution < -0.4 is 11.1 Å². The third-order valence-electron chi connectivity index (χ3n) is 5.53. The van der Waals surface area contributed by atoms with E-state index in [1.165, 1.54) is 0 Å². The van der Waals surface area contributed by atoms with E-state index in [-0.39, 0.29) is 42.7 Å². The Labute approximate surface area is 207 Å². The van der Waals surface area contributed by atoms with Gasteiger partial charge in [-0.3, -0.25) is 4.99 Å². The molecule has 0 aliphatic carbocycles. The van der Waals surface area contributed by atoms with E-state index in [1.807, 2.05) is 60.7 Å². The Balaban J connectivity index is 0.00000363. The van der Waals surface area contributed by atoms with Crippen molar-refractivity contribution in [3.63, 3.8) is 0 Å². The molecular formula is C24H33IN4O3. The summed E-state index contributed by atoms with van der Waals surface area (Å²) in [4.78, 5) is 18.0. The maximum atomic E-state index is 11.8. The number of benzene rings is 2. The number of ether oxygens (including phenoxy) is 1. The number of rotatable bonds is 7. The summed E-state index contributed by atoms with van der Waals surface area (Å²) in [6, 6.07) is 19.6. The summed E-state index contributed by atoms with van der Waals surface area (Å²) >= 11 is 0. The van der Waals surface area contributed by atoms with Gasteiger partial charge in [-0.2, -0.15) is 0 Å². The Morgan fingerprint density at radius 2 is 1.75 bits per heavy atom. The summed E-state index contributed by atoms with van der Waals surface area (Å²) in [5, 5.41) is 14.7. The molecule has 1 unspecified atom stereocenters. The average molecular weight is 552 g/mol. The number of halogens is 1. The van der Waals surface area contributed by atoms with Crippen LogP contribution in [0.15, 0.2) is 65.7 Å². The summed E-state index contributed by atoms with van der Waals surface area (Å²) in [6.45, 7) is 3.56. The predicted molar refractivity (Wildman–Crippen MR) is 137 cm³/mol. The molecule has 8 heteroatoms. The van der Waals surface area contributed by atoms with E-state index in [2.05, 4.69) is 10.3 Å². The highest BCUT2D eigenvalue weighted by atomic mass is 127. The third kappa shape index (κ3) is 7.37. The molecule has 3 rings (SSSR count). The first-order valence-corrected chi connectivity index (χ1v) is 10.8. The van der Waals surface area contributed by atoms with Crippen LogP contribution in [0.25, 0.3) is 0 Å². The number of amides is 1. The minimum absolute atomic E-state index is 0. The van der Waals surface area contributed by atoms with Crippen molar-refractivity contribution in [2.24, 2.45) is 10.7 Å². The van der Waals surface area contributed by atoms with Gasteiger partial charge < -0.3 is 25.8 Å². The van der Waals surface area contributed by atoms with E-state index in [4.69, 9.17) is 10.5 Å². The number of aliphatic imine (C=N–C) groups is 1. The van der Waals surface area contributed by atoms with Crippen molar-refractivity contribution in [2.75, 3.05) is 26.2 Å². The van der Waals surface area contributed by atoms with Crippen molar-refractivity contribution in [3.8, 4) is 0 Å². The van der Waals surface area contributed by atoms with Gasteiger partial charge in [-0.05, 0) is 30.9 Å². The van der Waals surface area contributed by atoms with E-state index >= 15 is 0 Å². The number of nitrogens with one attached hydrogen (secondary N) is 1. The molecule has 1 aliphatic rings. The second-order valence-electron chi connectivity index (χ2n) is 7.87. The molecule has 0 spiro atoms. The molecule has 1 atom stereocenters. The number of piperidine rings is 1. The molecule has 1 saturated heterocycles. The highest BCUT2D eigenvalue weighted by Crippen LogP contribution is 2.26. The van der Waals surface area contributed by atoms with Gasteiger partial charge in [-0.15, -0.1) is 24.0 Å². The van der Waals surface area contributed by atoms with Crippen molar-refractivity contribution < 1.29 is 14.6 Å². The van der Waals surface area contributed by atoms with E-state index in [0.29, 0.717) is 32.1 Å². The van der Waals surface area contributed by atoms with Crippen LogP contribution in [0.3, 0.4) is 0 Å². The highest BCUT2D eigenvalue weighted by Gasteiger charge is 2.30. The maximum Gasteiger partial charge on any atom is 0.409 e. The Kier molecular flexibility index (Phi) is 10.2. The normalized spacial score (nSPS) is 16.6. The zero-order valence-corrected chi connectivity index (χ0v) is 20.8. The lowest BCUT2D eigenvalue weighted by atomic mass is 9.87. The van der Waals surface area contributed by atoms with Crippen molar-refractivity contribution in [1.29, 1.82) is 0 Å². The second kappa shape index (κ2) is 12.6. The van der Waals surface area contributed by atoms with Crippen molar-refractivity contribution >= 4 is 36.0 Å². The minimum Gasteiger partial charge on any atom is -0.450 e. The molecule has 0 radical (unpaired) electrons. The van der Waals surface area contributed by atoms with Crippen molar-refractivity contribution in [2.45, 2.75) is 37.8 Å². The number of nitrogens with two attached hydrogens (primary N) is 1. The fourth-order valence-corrected chi connectivity index (χ4v) is 3.82. The molecule has 2 aromatic carbocycles. The van der Waals surface area contributed by atoms with Crippen LogP contribution in [-0.4, -0.2) is 54.3 Å². The molecule has 174 valence electrons. The van der Waals surface area contributed by atoms with Gasteiger partial charge >= 0.3 is 6.09 Å². The van der Waals surface area contributed by atoms with Crippen LogP contribution in [0.5, 0.6) is 0 Å². The topological polar surface area (TPSA) is 100 Å². The Morgan fingerprint density at radius 1 is 1.16 bits per heavy atom. The third-order valence-corrected chi connectivity index (χ3v) is 5.53. The molecule has 1 amide bonds. The quantitative estimate of drug-likeness (QED) is 0.278. The second-order valence-corrected chi connectivity index (χ2v) is 7.87. The van der Waals surface area contributed by atoms with Gasteiger partial charge in [-0.1, -0.05) is 60.7 Å². The zero-order valence-electron chi connectivity index (χ0n) is 18.4. The monoisotopic (exact) mass is 552 g/mol. The fraction of sp³-hybridized carbons (Fsp3) is 0.417. The first-order chi connectivity index (χ1) is 15.0. The van der Waals surface area contributed by atoms with Gasteiger partial charge in [0.05, 0.1) is 13.2 Å². The van der Waals surface area contributed by atoms with Crippen molar-refractivity contribution in [3.05, 3.63) is 71.8 Å². The molecule has 1 aliphatic heterocycles. The summed E-state index contributed by atoms with van der Waals surface area (Å²) in [5.74, 6) is 0.303. The number of aliphatic hydroxyl groups is 1. The molecule has 4 N–H and O–H groups in total. The van der Waals surface area contributed by atoms with E-state index in [9.17, 15) is 9.90 Å². The van der Waals surface area contributed by atoms with Crippen LogP contribution >= 0.6 is 24.0 Å². The number of guanidine groups is 1. The molecule has 1 heterocycles. The van der Waals surface area contributed by atoms with Gasteiger partial charge in [0.15, 0.2) is 5.96 Å². The number of hydrogen-bond donors (Lipinski definition) is 3. The molecule has 0 bridgehead atoms.